The summed E-state index contributed by atoms with van der Waals surface area (Å²) >= 11 is 1.41. The molecule has 2 aromatic carbocycles. The molecule has 0 unspecified atom stereocenters. The highest BCUT2D eigenvalue weighted by Crippen LogP contribution is 2.39. The van der Waals surface area contributed by atoms with E-state index in [9.17, 15) is 17.6 Å². The number of anilines is 1. The number of rotatable bonds is 5. The number of hydrogen-bond acceptors (Lipinski definition) is 8. The maximum absolute atomic E-state index is 13.2. The van der Waals surface area contributed by atoms with Gasteiger partial charge in [-0.15, -0.1) is 0 Å². The van der Waals surface area contributed by atoms with Crippen LogP contribution in [-0.2, 0) is 14.8 Å². The highest BCUT2D eigenvalue weighted by Gasteiger charge is 2.32. The van der Waals surface area contributed by atoms with Crippen LogP contribution in [0.1, 0.15) is 18.5 Å². The van der Waals surface area contributed by atoms with Crippen LogP contribution in [0.5, 0.6) is 11.5 Å². The molecule has 0 radical (unpaired) electrons. The van der Waals surface area contributed by atoms with E-state index in [-0.39, 0.29) is 36.6 Å². The van der Waals surface area contributed by atoms with Crippen molar-refractivity contribution in [3.63, 3.8) is 0 Å². The molecular weight excluding hydrogens is 521 g/mol. The Kier molecular flexibility index (Phi) is 5.85. The van der Waals surface area contributed by atoms with Gasteiger partial charge in [0, 0.05) is 37.2 Å². The summed E-state index contributed by atoms with van der Waals surface area (Å²) in [6.07, 6.45) is 0.734. The summed E-state index contributed by atoms with van der Waals surface area (Å²) in [4.78, 5) is 17.8. The highest BCUT2D eigenvalue weighted by atomic mass is 32.2. The van der Waals surface area contributed by atoms with E-state index >= 15 is 0 Å². The number of fused-ring (bicyclic) bond motifs is 2. The molecule has 0 bridgehead atoms. The molecule has 0 saturated carbocycles. The van der Waals surface area contributed by atoms with Crippen LogP contribution in [0.4, 0.5) is 10.2 Å². The Hall–Kier alpha value is -3.55. The number of sulfonamides is 1. The largest absolute Gasteiger partial charge is 0.454 e. The molecule has 4 heterocycles. The van der Waals surface area contributed by atoms with Crippen molar-refractivity contribution in [1.29, 1.82) is 0 Å². The van der Waals surface area contributed by atoms with Gasteiger partial charge < -0.3 is 14.8 Å². The lowest BCUT2D eigenvalue weighted by Crippen LogP contribution is -2.41. The first-order chi connectivity index (χ1) is 17.8. The maximum Gasteiger partial charge on any atom is 0.243 e. The minimum atomic E-state index is -3.75. The van der Waals surface area contributed by atoms with Crippen molar-refractivity contribution in [3.05, 3.63) is 54.0 Å². The molecule has 1 N–H and O–H groups in total. The predicted octanol–water partition coefficient (Wildman–Crippen LogP) is 3.70. The zero-order chi connectivity index (χ0) is 25.7. The van der Waals surface area contributed by atoms with Crippen LogP contribution < -0.4 is 14.8 Å². The van der Waals surface area contributed by atoms with E-state index in [0.717, 1.165) is 22.3 Å². The Morgan fingerprint density at radius 2 is 1.81 bits per heavy atom. The van der Waals surface area contributed by atoms with Crippen molar-refractivity contribution in [2.24, 2.45) is 5.92 Å². The van der Waals surface area contributed by atoms with Crippen LogP contribution >= 0.6 is 11.3 Å². The molecule has 37 heavy (non-hydrogen) atoms. The van der Waals surface area contributed by atoms with Crippen molar-refractivity contribution in [2.75, 3.05) is 25.2 Å². The monoisotopic (exact) mass is 543 g/mol. The number of halogens is 1. The van der Waals surface area contributed by atoms with E-state index in [0.29, 0.717) is 41.0 Å². The van der Waals surface area contributed by atoms with Crippen molar-refractivity contribution in [2.45, 2.75) is 24.7 Å². The summed E-state index contributed by atoms with van der Waals surface area (Å²) in [5, 5.41) is 8.05. The number of nitrogens with one attached hydrogen (secondary N) is 1. The van der Waals surface area contributed by atoms with E-state index in [1.807, 2.05) is 19.1 Å². The van der Waals surface area contributed by atoms with E-state index in [2.05, 4.69) is 15.4 Å². The molecule has 1 fully saturated rings. The van der Waals surface area contributed by atoms with Crippen LogP contribution in [0.25, 0.3) is 15.3 Å². The maximum atomic E-state index is 13.2. The van der Waals surface area contributed by atoms with E-state index in [1.165, 1.54) is 27.8 Å². The number of aryl methyl sites for hydroxylation is 1. The third-order valence-electron chi connectivity index (χ3n) is 6.41. The fourth-order valence-electron chi connectivity index (χ4n) is 4.47. The SMILES string of the molecule is Cc1cc(NC(=O)C2CCN(S(=O)(=O)c3ccc(F)cc3)CC2)n(-c2nc3cc4c(cc3s2)OCO4)n1. The number of carbonyl (C=O) groups excluding carboxylic acids is 1. The van der Waals surface area contributed by atoms with Gasteiger partial charge in [0.05, 0.1) is 20.8 Å². The van der Waals surface area contributed by atoms with Gasteiger partial charge in [-0.1, -0.05) is 11.3 Å². The second-order valence-electron chi connectivity index (χ2n) is 8.87. The highest BCUT2D eigenvalue weighted by molar-refractivity contribution is 7.89. The lowest BCUT2D eigenvalue weighted by molar-refractivity contribution is -0.120. The fraction of sp³-hybridized carbons (Fsp3) is 0.292. The Labute approximate surface area is 215 Å². The fourth-order valence-corrected chi connectivity index (χ4v) is 6.88. The summed E-state index contributed by atoms with van der Waals surface area (Å²) in [6.45, 7) is 2.41. The molecule has 4 aromatic rings. The molecular formula is C24H22FN5O5S2. The lowest BCUT2D eigenvalue weighted by Gasteiger charge is -2.30. The van der Waals surface area contributed by atoms with E-state index in [4.69, 9.17) is 9.47 Å². The molecule has 6 rings (SSSR count). The Morgan fingerprint density at radius 1 is 1.11 bits per heavy atom. The molecule has 0 atom stereocenters. The first kappa shape index (κ1) is 23.8. The summed E-state index contributed by atoms with van der Waals surface area (Å²) in [5.74, 6) is 0.727. The third kappa shape index (κ3) is 4.43. The van der Waals surface area contributed by atoms with E-state index in [1.54, 1.807) is 10.7 Å². The normalized spacial score (nSPS) is 16.4. The van der Waals surface area contributed by atoms with Gasteiger partial charge in [0.25, 0.3) is 0 Å². The van der Waals surface area contributed by atoms with Gasteiger partial charge in [0.2, 0.25) is 27.9 Å². The topological polar surface area (TPSA) is 116 Å². The summed E-state index contributed by atoms with van der Waals surface area (Å²) in [6, 6.07) is 10.2. The van der Waals surface area contributed by atoms with Crippen molar-refractivity contribution in [1.82, 2.24) is 19.1 Å². The molecule has 1 amide bonds. The number of carbonyl (C=O) groups is 1. The minimum absolute atomic E-state index is 0.0374. The molecule has 0 aliphatic carbocycles. The molecule has 192 valence electrons. The number of aromatic nitrogens is 3. The van der Waals surface area contributed by atoms with Gasteiger partial charge in [-0.25, -0.2) is 17.8 Å². The number of ether oxygens (including phenoxy) is 2. The predicted molar refractivity (Wildman–Crippen MR) is 134 cm³/mol. The van der Waals surface area contributed by atoms with Crippen molar-refractivity contribution in [3.8, 4) is 16.6 Å². The number of piperidine rings is 1. The molecule has 0 spiro atoms. The third-order valence-corrected chi connectivity index (χ3v) is 9.32. The zero-order valence-corrected chi connectivity index (χ0v) is 21.3. The molecule has 2 aromatic heterocycles. The van der Waals surface area contributed by atoms with E-state index < -0.39 is 15.8 Å². The summed E-state index contributed by atoms with van der Waals surface area (Å²) < 4.78 is 53.7. The molecule has 10 nitrogen and oxygen atoms in total. The molecule has 2 aliphatic heterocycles. The number of nitrogens with zero attached hydrogens (tertiary/aromatic N) is 4. The van der Waals surface area contributed by atoms with Gasteiger partial charge in [-0.3, -0.25) is 4.79 Å². The average molecular weight is 544 g/mol. The number of amides is 1. The van der Waals surface area contributed by atoms with Gasteiger partial charge >= 0.3 is 0 Å². The first-order valence-electron chi connectivity index (χ1n) is 11.6. The Balaban J connectivity index is 1.16. The van der Waals surface area contributed by atoms with Crippen LogP contribution in [0.15, 0.2) is 47.4 Å². The second kappa shape index (κ2) is 9.08. The zero-order valence-electron chi connectivity index (χ0n) is 19.7. The van der Waals surface area contributed by atoms with Crippen LogP contribution in [-0.4, -0.2) is 53.3 Å². The Bertz CT molecular complexity index is 1570. The van der Waals surface area contributed by atoms with Crippen molar-refractivity contribution < 1.29 is 27.1 Å². The smallest absolute Gasteiger partial charge is 0.243 e. The average Bonchev–Trinajstić information content (AvgIpc) is 3.60. The quantitative estimate of drug-likeness (QED) is 0.408. The minimum Gasteiger partial charge on any atom is -0.454 e. The Morgan fingerprint density at radius 3 is 2.54 bits per heavy atom. The molecule has 1 saturated heterocycles. The summed E-state index contributed by atoms with van der Waals surface area (Å²) in [5.41, 5.74) is 1.45. The van der Waals surface area contributed by atoms with Crippen LogP contribution in [0.2, 0.25) is 0 Å². The van der Waals surface area contributed by atoms with Crippen LogP contribution in [0.3, 0.4) is 0 Å². The molecule has 2 aliphatic rings. The molecule has 13 heteroatoms. The first-order valence-corrected chi connectivity index (χ1v) is 13.9. The standard InChI is InChI=1S/C24H22FN5O5S2/c1-14-10-22(30(28-14)24-26-18-11-19-20(35-13-34-19)12-21(18)36-24)27-23(31)15-6-8-29(9-7-15)37(32,33)17-4-2-16(25)3-5-17/h2-5,10-12,15H,6-9,13H2,1H3,(H,27,31). The lowest BCUT2D eigenvalue weighted by atomic mass is 9.97. The van der Waals surface area contributed by atoms with Gasteiger partial charge in [0.1, 0.15) is 11.6 Å². The second-order valence-corrected chi connectivity index (χ2v) is 11.8. The number of benzene rings is 2. The van der Waals surface area contributed by atoms with Crippen molar-refractivity contribution >= 4 is 43.3 Å². The van der Waals surface area contributed by atoms with Gasteiger partial charge in [0.15, 0.2) is 11.5 Å². The number of hydrogen-bond donors (Lipinski definition) is 1. The van der Waals surface area contributed by atoms with Crippen LogP contribution in [0, 0.1) is 18.7 Å². The number of thiazole rings is 1. The van der Waals surface area contributed by atoms with Gasteiger partial charge in [-0.2, -0.15) is 14.1 Å². The summed E-state index contributed by atoms with van der Waals surface area (Å²) in [7, 11) is -3.75. The van der Waals surface area contributed by atoms with Gasteiger partial charge in [-0.05, 0) is 44.0 Å².